The molecule has 0 N–H and O–H groups in total. The van der Waals surface area contributed by atoms with Crippen molar-refractivity contribution in [2.75, 3.05) is 26.2 Å². The van der Waals surface area contributed by atoms with Gasteiger partial charge in [0.2, 0.25) is 11.8 Å². The maximum atomic E-state index is 13.2. The molecule has 0 radical (unpaired) electrons. The first-order valence-electron chi connectivity index (χ1n) is 8.92. The molecule has 2 amide bonds. The Hall–Kier alpha value is -1.39. The van der Waals surface area contributed by atoms with E-state index in [1.807, 2.05) is 30.6 Å². The van der Waals surface area contributed by atoms with Crippen molar-refractivity contribution >= 4 is 17.6 Å². The Morgan fingerprint density at radius 1 is 0.957 bits per heavy atom. The Kier molecular flexibility index (Phi) is 5.17. The van der Waals surface area contributed by atoms with Crippen molar-refractivity contribution in [2.45, 2.75) is 59.8 Å². The van der Waals surface area contributed by atoms with Crippen LogP contribution in [0.3, 0.4) is 0 Å². The minimum atomic E-state index is -0.625. The maximum Gasteiger partial charge on any atom is 0.222 e. The largest absolute Gasteiger partial charge is 0.341 e. The van der Waals surface area contributed by atoms with Gasteiger partial charge in [-0.25, -0.2) is 0 Å². The van der Waals surface area contributed by atoms with Crippen LogP contribution in [0.1, 0.15) is 59.8 Å². The molecule has 5 nitrogen and oxygen atoms in total. The topological polar surface area (TPSA) is 57.7 Å². The number of nitrogens with zero attached hydrogens (tertiary/aromatic N) is 2. The first kappa shape index (κ1) is 18.0. The fourth-order valence-corrected chi connectivity index (χ4v) is 4.30. The van der Waals surface area contributed by atoms with Gasteiger partial charge in [0, 0.05) is 39.0 Å². The summed E-state index contributed by atoms with van der Waals surface area (Å²) in [5.74, 6) is 0.485. The minimum absolute atomic E-state index is 0.111. The molecule has 0 aliphatic carbocycles. The molecule has 2 saturated heterocycles. The lowest BCUT2D eigenvalue weighted by Gasteiger charge is -2.56. The van der Waals surface area contributed by atoms with Crippen molar-refractivity contribution in [3.63, 3.8) is 0 Å². The fourth-order valence-electron chi connectivity index (χ4n) is 4.30. The van der Waals surface area contributed by atoms with E-state index < -0.39 is 10.8 Å². The molecule has 0 spiro atoms. The molecule has 2 heterocycles. The Morgan fingerprint density at radius 2 is 1.43 bits per heavy atom. The van der Waals surface area contributed by atoms with Crippen LogP contribution >= 0.6 is 0 Å². The summed E-state index contributed by atoms with van der Waals surface area (Å²) in [7, 11) is 0. The van der Waals surface area contributed by atoms with Crippen molar-refractivity contribution in [3.8, 4) is 0 Å². The average Bonchev–Trinajstić information content (AvgIpc) is 2.53. The zero-order valence-electron chi connectivity index (χ0n) is 15.0. The Balaban J connectivity index is 2.38. The van der Waals surface area contributed by atoms with Crippen LogP contribution in [0.4, 0.5) is 0 Å². The summed E-state index contributed by atoms with van der Waals surface area (Å²) in [5, 5.41) is 0. The first-order chi connectivity index (χ1) is 10.8. The molecule has 130 valence electrons. The quantitative estimate of drug-likeness (QED) is 0.780. The summed E-state index contributed by atoms with van der Waals surface area (Å²) < 4.78 is 0. The van der Waals surface area contributed by atoms with Crippen LogP contribution in [0.2, 0.25) is 0 Å². The van der Waals surface area contributed by atoms with Crippen LogP contribution in [0.25, 0.3) is 0 Å². The molecule has 0 saturated carbocycles. The Morgan fingerprint density at radius 3 is 1.83 bits per heavy atom. The van der Waals surface area contributed by atoms with Crippen molar-refractivity contribution in [2.24, 2.45) is 10.8 Å². The summed E-state index contributed by atoms with van der Waals surface area (Å²) in [6, 6.07) is 0. The Bertz CT molecular complexity index is 472. The molecule has 0 aromatic rings. The van der Waals surface area contributed by atoms with Crippen molar-refractivity contribution in [3.05, 3.63) is 0 Å². The number of likely N-dealkylation sites (tertiary alicyclic amines) is 2. The number of unbranched alkanes of at least 4 members (excludes halogenated alkanes) is 1. The second-order valence-corrected chi connectivity index (χ2v) is 7.48. The number of carbonyl (C=O) groups is 3. The summed E-state index contributed by atoms with van der Waals surface area (Å²) in [5.41, 5.74) is -1.20. The first-order valence-corrected chi connectivity index (χ1v) is 8.92. The molecule has 5 heteroatoms. The highest BCUT2D eigenvalue weighted by atomic mass is 16.2. The van der Waals surface area contributed by atoms with Crippen LogP contribution in [0.15, 0.2) is 0 Å². The van der Waals surface area contributed by atoms with E-state index in [1.165, 1.54) is 0 Å². The zero-order chi connectivity index (χ0) is 17.3. The summed E-state index contributed by atoms with van der Waals surface area (Å²) in [6.07, 6.45) is 3.65. The van der Waals surface area contributed by atoms with Crippen molar-refractivity contribution in [1.82, 2.24) is 9.80 Å². The van der Waals surface area contributed by atoms with Gasteiger partial charge in [0.15, 0.2) is 5.78 Å². The van der Waals surface area contributed by atoms with Gasteiger partial charge in [-0.3, -0.25) is 14.4 Å². The minimum Gasteiger partial charge on any atom is -0.341 e. The summed E-state index contributed by atoms with van der Waals surface area (Å²) in [6.45, 7) is 9.60. The molecule has 0 aromatic heterocycles. The third kappa shape index (κ3) is 3.15. The van der Waals surface area contributed by atoms with E-state index in [2.05, 4.69) is 6.92 Å². The lowest BCUT2D eigenvalue weighted by Crippen LogP contribution is -2.70. The highest BCUT2D eigenvalue weighted by Crippen LogP contribution is 2.45. The number of rotatable bonds is 5. The molecule has 0 unspecified atom stereocenters. The highest BCUT2D eigenvalue weighted by Gasteiger charge is 2.58. The van der Waals surface area contributed by atoms with Gasteiger partial charge in [0.05, 0.1) is 10.8 Å². The SMILES string of the molecule is CCCCC12CN(C(=O)CC)CC(C)(CN(C(=O)CC)C1)C2=O. The fraction of sp³-hybridized carbons (Fsp3) is 0.833. The van der Waals surface area contributed by atoms with Gasteiger partial charge in [0.25, 0.3) is 0 Å². The molecular formula is C18H30N2O3. The number of carbonyl (C=O) groups excluding carboxylic acids is 3. The van der Waals surface area contributed by atoms with E-state index in [0.717, 1.165) is 19.3 Å². The number of hydrogen-bond acceptors (Lipinski definition) is 3. The van der Waals surface area contributed by atoms with Crippen LogP contribution < -0.4 is 0 Å². The molecule has 23 heavy (non-hydrogen) atoms. The molecule has 2 aliphatic rings. The van der Waals surface area contributed by atoms with Crippen molar-refractivity contribution < 1.29 is 14.4 Å². The molecule has 2 rings (SSSR count). The standard InChI is InChI=1S/C18H30N2O3/c1-5-8-9-18-12-19(14(21)6-2)10-17(4,16(18)23)11-20(13-18)15(22)7-3/h5-13H2,1-4H3. The third-order valence-electron chi connectivity index (χ3n) is 5.42. The van der Waals surface area contributed by atoms with Crippen LogP contribution in [0.5, 0.6) is 0 Å². The normalized spacial score (nSPS) is 30.5. The number of ketones is 1. The van der Waals surface area contributed by atoms with E-state index >= 15 is 0 Å². The molecule has 2 aliphatic heterocycles. The zero-order valence-corrected chi connectivity index (χ0v) is 15.0. The molecule has 2 fully saturated rings. The summed E-state index contributed by atoms with van der Waals surface area (Å²) >= 11 is 0. The van der Waals surface area contributed by atoms with Crippen LogP contribution in [0, 0.1) is 10.8 Å². The van der Waals surface area contributed by atoms with Gasteiger partial charge in [-0.15, -0.1) is 0 Å². The van der Waals surface area contributed by atoms with E-state index in [4.69, 9.17) is 0 Å². The number of piperidine rings is 2. The average molecular weight is 322 g/mol. The smallest absolute Gasteiger partial charge is 0.222 e. The number of fused-ring (bicyclic) bond motifs is 2. The Labute approximate surface area is 139 Å². The second-order valence-electron chi connectivity index (χ2n) is 7.48. The third-order valence-corrected chi connectivity index (χ3v) is 5.42. The second kappa shape index (κ2) is 6.62. The van der Waals surface area contributed by atoms with Crippen LogP contribution in [-0.4, -0.2) is 53.6 Å². The monoisotopic (exact) mass is 322 g/mol. The van der Waals surface area contributed by atoms with E-state index in [-0.39, 0.29) is 17.6 Å². The predicted octanol–water partition coefficient (Wildman–Crippen LogP) is 2.24. The van der Waals surface area contributed by atoms with E-state index in [1.54, 1.807) is 0 Å². The van der Waals surface area contributed by atoms with Gasteiger partial charge in [-0.05, 0) is 13.3 Å². The number of amides is 2. The molecule has 0 atom stereocenters. The van der Waals surface area contributed by atoms with Gasteiger partial charge in [-0.1, -0.05) is 33.6 Å². The highest BCUT2D eigenvalue weighted by molar-refractivity contribution is 5.95. The van der Waals surface area contributed by atoms with E-state index in [9.17, 15) is 14.4 Å². The maximum absolute atomic E-state index is 13.2. The summed E-state index contributed by atoms with van der Waals surface area (Å²) in [4.78, 5) is 41.5. The van der Waals surface area contributed by atoms with Crippen molar-refractivity contribution in [1.29, 1.82) is 0 Å². The number of Topliss-reactive ketones (excluding diaryl/α,β-unsaturated/α-hetero) is 1. The van der Waals surface area contributed by atoms with Gasteiger partial charge in [-0.2, -0.15) is 0 Å². The predicted molar refractivity (Wildman–Crippen MR) is 88.8 cm³/mol. The number of hydrogen-bond donors (Lipinski definition) is 0. The van der Waals surface area contributed by atoms with Gasteiger partial charge in [0.1, 0.15) is 0 Å². The van der Waals surface area contributed by atoms with Gasteiger partial charge < -0.3 is 9.80 Å². The lowest BCUT2D eigenvalue weighted by molar-refractivity contribution is -0.168. The molecule has 0 aromatic carbocycles. The molecule has 2 bridgehead atoms. The van der Waals surface area contributed by atoms with Crippen LogP contribution in [-0.2, 0) is 14.4 Å². The van der Waals surface area contributed by atoms with Gasteiger partial charge >= 0.3 is 0 Å². The molecular weight excluding hydrogens is 292 g/mol. The lowest BCUT2D eigenvalue weighted by atomic mass is 9.61. The van der Waals surface area contributed by atoms with E-state index in [0.29, 0.717) is 39.0 Å².